The number of benzene rings is 1. The van der Waals surface area contributed by atoms with Crippen LogP contribution in [0.2, 0.25) is 0 Å². The summed E-state index contributed by atoms with van der Waals surface area (Å²) in [5, 5.41) is 9.12. The van der Waals surface area contributed by atoms with Crippen LogP contribution in [0.25, 0.3) is 0 Å². The Morgan fingerprint density at radius 3 is 2.11 bits per heavy atom. The highest BCUT2D eigenvalue weighted by Crippen LogP contribution is 2.38. The Morgan fingerprint density at radius 2 is 1.67 bits per heavy atom. The first kappa shape index (κ1) is 14.8. The van der Waals surface area contributed by atoms with E-state index in [-0.39, 0.29) is 5.92 Å². The molecular weight excluding hydrogens is 218 g/mol. The Bertz CT molecular complexity index is 376. The fraction of sp³-hybridized carbons (Fsp3) is 0.588. The topological polar surface area (TPSA) is 23.8 Å². The van der Waals surface area contributed by atoms with E-state index in [0.717, 1.165) is 12.8 Å². The van der Waals surface area contributed by atoms with Gasteiger partial charge in [-0.05, 0) is 36.7 Å². The van der Waals surface area contributed by atoms with Crippen LogP contribution in [-0.4, -0.2) is 0 Å². The average Bonchev–Trinajstić information content (AvgIpc) is 2.43. The number of hydrogen-bond acceptors (Lipinski definition) is 1. The van der Waals surface area contributed by atoms with E-state index in [2.05, 4.69) is 57.2 Å². The number of nitriles is 1. The maximum absolute atomic E-state index is 9.12. The molecule has 0 radical (unpaired) electrons. The molecule has 0 fully saturated rings. The maximum atomic E-state index is 9.12. The van der Waals surface area contributed by atoms with Crippen molar-refractivity contribution in [1.82, 2.24) is 0 Å². The second-order valence-electron chi connectivity index (χ2n) is 5.27. The van der Waals surface area contributed by atoms with Crippen LogP contribution in [0.15, 0.2) is 30.3 Å². The van der Waals surface area contributed by atoms with Gasteiger partial charge in [0.1, 0.15) is 0 Å². The smallest absolute Gasteiger partial charge is 0.0655 e. The third-order valence-electron chi connectivity index (χ3n) is 4.32. The second kappa shape index (κ2) is 7.21. The first-order valence-electron chi connectivity index (χ1n) is 7.10. The van der Waals surface area contributed by atoms with E-state index < -0.39 is 0 Å². The van der Waals surface area contributed by atoms with E-state index in [4.69, 9.17) is 5.26 Å². The van der Waals surface area contributed by atoms with Gasteiger partial charge in [-0.15, -0.1) is 0 Å². The molecule has 0 spiro atoms. The SMILES string of the molecule is CCC(c1ccccc1)C(CC)[C@@H](C)[C@H](C)C#N. The molecule has 0 heterocycles. The summed E-state index contributed by atoms with van der Waals surface area (Å²) in [6.07, 6.45) is 2.28. The zero-order valence-corrected chi connectivity index (χ0v) is 12.1. The molecule has 1 rings (SSSR count). The van der Waals surface area contributed by atoms with Gasteiger partial charge in [-0.1, -0.05) is 57.5 Å². The zero-order valence-electron chi connectivity index (χ0n) is 12.1. The molecule has 0 amide bonds. The normalized spacial score (nSPS) is 17.5. The first-order valence-corrected chi connectivity index (χ1v) is 7.10. The van der Waals surface area contributed by atoms with Gasteiger partial charge < -0.3 is 0 Å². The van der Waals surface area contributed by atoms with Crippen LogP contribution < -0.4 is 0 Å². The summed E-state index contributed by atoms with van der Waals surface area (Å²) >= 11 is 0. The molecule has 0 aliphatic heterocycles. The van der Waals surface area contributed by atoms with Crippen molar-refractivity contribution in [3.8, 4) is 6.07 Å². The van der Waals surface area contributed by atoms with E-state index in [9.17, 15) is 0 Å². The van der Waals surface area contributed by atoms with Crippen LogP contribution in [0, 0.1) is 29.1 Å². The number of nitrogens with zero attached hydrogens (tertiary/aromatic N) is 1. The van der Waals surface area contributed by atoms with Crippen LogP contribution in [0.1, 0.15) is 52.0 Å². The van der Waals surface area contributed by atoms with Crippen LogP contribution in [0.3, 0.4) is 0 Å². The lowest BCUT2D eigenvalue weighted by molar-refractivity contribution is 0.244. The first-order chi connectivity index (χ1) is 8.65. The highest BCUT2D eigenvalue weighted by molar-refractivity contribution is 5.20. The lowest BCUT2D eigenvalue weighted by Crippen LogP contribution is -2.24. The second-order valence-corrected chi connectivity index (χ2v) is 5.27. The summed E-state index contributed by atoms with van der Waals surface area (Å²) in [6, 6.07) is 13.2. The standard InChI is InChI=1S/C17H25N/c1-5-16(14(4)13(3)12-18)17(6-2)15-10-8-7-9-11-15/h7-11,13-14,16-17H,5-6H2,1-4H3/t13-,14+,16?,17?/m1/s1. The van der Waals surface area contributed by atoms with Gasteiger partial charge in [0, 0.05) is 5.92 Å². The molecule has 0 bridgehead atoms. The van der Waals surface area contributed by atoms with Gasteiger partial charge in [0.2, 0.25) is 0 Å². The summed E-state index contributed by atoms with van der Waals surface area (Å²) in [4.78, 5) is 0. The van der Waals surface area contributed by atoms with Crippen molar-refractivity contribution in [2.45, 2.75) is 46.5 Å². The molecule has 0 saturated heterocycles. The Labute approximate surface area is 112 Å². The third kappa shape index (κ3) is 3.35. The van der Waals surface area contributed by atoms with Crippen LogP contribution in [0.5, 0.6) is 0 Å². The van der Waals surface area contributed by atoms with Crippen molar-refractivity contribution in [2.24, 2.45) is 17.8 Å². The van der Waals surface area contributed by atoms with Gasteiger partial charge in [0.15, 0.2) is 0 Å². The highest BCUT2D eigenvalue weighted by Gasteiger charge is 2.28. The lowest BCUT2D eigenvalue weighted by Gasteiger charge is -2.32. The lowest BCUT2D eigenvalue weighted by atomic mass is 9.72. The summed E-state index contributed by atoms with van der Waals surface area (Å²) in [7, 11) is 0. The fourth-order valence-corrected chi connectivity index (χ4v) is 3.00. The van der Waals surface area contributed by atoms with Crippen molar-refractivity contribution < 1.29 is 0 Å². The van der Waals surface area contributed by atoms with E-state index in [1.54, 1.807) is 0 Å². The zero-order chi connectivity index (χ0) is 13.5. The molecule has 1 aromatic carbocycles. The predicted molar refractivity (Wildman–Crippen MR) is 77.2 cm³/mol. The maximum Gasteiger partial charge on any atom is 0.0655 e. The fourth-order valence-electron chi connectivity index (χ4n) is 3.00. The van der Waals surface area contributed by atoms with Crippen molar-refractivity contribution >= 4 is 0 Å². The van der Waals surface area contributed by atoms with Gasteiger partial charge in [-0.3, -0.25) is 0 Å². The van der Waals surface area contributed by atoms with Crippen molar-refractivity contribution in [3.63, 3.8) is 0 Å². The van der Waals surface area contributed by atoms with Crippen LogP contribution in [0.4, 0.5) is 0 Å². The molecule has 1 aromatic rings. The van der Waals surface area contributed by atoms with Crippen LogP contribution in [-0.2, 0) is 0 Å². The van der Waals surface area contributed by atoms with E-state index in [1.807, 2.05) is 6.92 Å². The quantitative estimate of drug-likeness (QED) is 0.689. The molecule has 4 atom stereocenters. The van der Waals surface area contributed by atoms with Crippen molar-refractivity contribution in [2.75, 3.05) is 0 Å². The Morgan fingerprint density at radius 1 is 1.06 bits per heavy atom. The van der Waals surface area contributed by atoms with E-state index in [1.165, 1.54) is 5.56 Å². The summed E-state index contributed by atoms with van der Waals surface area (Å²) in [5.41, 5.74) is 1.42. The minimum absolute atomic E-state index is 0.132. The van der Waals surface area contributed by atoms with Gasteiger partial charge in [0.05, 0.1) is 6.07 Å². The van der Waals surface area contributed by atoms with E-state index >= 15 is 0 Å². The Balaban J connectivity index is 2.95. The average molecular weight is 243 g/mol. The van der Waals surface area contributed by atoms with Gasteiger partial charge in [-0.2, -0.15) is 5.26 Å². The summed E-state index contributed by atoms with van der Waals surface area (Å²) in [5.74, 6) is 1.74. The molecule has 1 heteroatoms. The third-order valence-corrected chi connectivity index (χ3v) is 4.32. The molecule has 0 aliphatic rings. The van der Waals surface area contributed by atoms with Gasteiger partial charge in [-0.25, -0.2) is 0 Å². The molecule has 18 heavy (non-hydrogen) atoms. The molecule has 98 valence electrons. The Kier molecular flexibility index (Phi) is 5.92. The van der Waals surface area contributed by atoms with Crippen molar-refractivity contribution in [1.29, 1.82) is 5.26 Å². The molecule has 0 N–H and O–H groups in total. The minimum atomic E-state index is 0.132. The van der Waals surface area contributed by atoms with Gasteiger partial charge in [0.25, 0.3) is 0 Å². The predicted octanol–water partition coefficient (Wildman–Crippen LogP) is 5.00. The molecule has 0 aliphatic carbocycles. The molecular formula is C17H25N. The van der Waals surface area contributed by atoms with Gasteiger partial charge >= 0.3 is 0 Å². The largest absolute Gasteiger partial charge is 0.198 e. The number of hydrogen-bond donors (Lipinski definition) is 0. The minimum Gasteiger partial charge on any atom is -0.198 e. The summed E-state index contributed by atoms with van der Waals surface area (Å²) < 4.78 is 0. The molecule has 0 aromatic heterocycles. The van der Waals surface area contributed by atoms with Crippen LogP contribution >= 0.6 is 0 Å². The van der Waals surface area contributed by atoms with E-state index in [0.29, 0.717) is 17.8 Å². The highest BCUT2D eigenvalue weighted by atomic mass is 14.4. The molecule has 0 saturated carbocycles. The molecule has 1 nitrogen and oxygen atoms in total. The Hall–Kier alpha value is -1.29. The van der Waals surface area contributed by atoms with Crippen molar-refractivity contribution in [3.05, 3.63) is 35.9 Å². The summed E-state index contributed by atoms with van der Waals surface area (Å²) in [6.45, 7) is 8.78. The number of rotatable bonds is 6. The molecule has 2 unspecified atom stereocenters. The monoisotopic (exact) mass is 243 g/mol.